The molecule has 2 rings (SSSR count). The number of nitrogens with zero attached hydrogens (tertiary/aromatic N) is 2. The number of hydrogen-bond acceptors (Lipinski definition) is 4. The normalized spacial score (nSPS) is 13.2. The minimum atomic E-state index is -3.46. The van der Waals surface area contributed by atoms with Crippen LogP contribution < -0.4 is 0 Å². The summed E-state index contributed by atoms with van der Waals surface area (Å²) in [5, 5.41) is 1.61. The topological polar surface area (TPSA) is 50.3 Å². The van der Waals surface area contributed by atoms with E-state index in [2.05, 4.69) is 4.98 Å². The van der Waals surface area contributed by atoms with Gasteiger partial charge in [-0.1, -0.05) is 55.4 Å². The Morgan fingerprint density at radius 3 is 2.38 bits per heavy atom. The molecule has 0 amide bonds. The minimum Gasteiger partial charge on any atom is -0.249 e. The maximum Gasteiger partial charge on any atom is 0.244 e. The van der Waals surface area contributed by atoms with Crippen molar-refractivity contribution in [2.45, 2.75) is 35.9 Å². The fourth-order valence-electron chi connectivity index (χ4n) is 2.35. The Hall–Kier alpha value is -1.08. The fraction of sp³-hybridized carbons (Fsp3) is 0.353. The van der Waals surface area contributed by atoms with Crippen LogP contribution in [0.4, 0.5) is 0 Å². The molecular formula is C17H21ClN2O2S2. The third-order valence-electron chi connectivity index (χ3n) is 3.69. The molecule has 2 aromatic rings. The number of aromatic nitrogens is 1. The van der Waals surface area contributed by atoms with E-state index in [1.807, 2.05) is 45.0 Å². The smallest absolute Gasteiger partial charge is 0.244 e. The first-order valence-corrected chi connectivity index (χ1v) is 10.5. The van der Waals surface area contributed by atoms with Gasteiger partial charge in [-0.2, -0.15) is 4.31 Å². The Labute approximate surface area is 153 Å². The summed E-state index contributed by atoms with van der Waals surface area (Å²) in [6.07, 6.45) is 1.43. The first kappa shape index (κ1) is 19.2. The van der Waals surface area contributed by atoms with Gasteiger partial charge in [0.25, 0.3) is 0 Å². The third-order valence-corrected chi connectivity index (χ3v) is 7.16. The monoisotopic (exact) mass is 384 g/mol. The fourth-order valence-corrected chi connectivity index (χ4v) is 5.07. The number of thioether (sulfide) groups is 1. The first-order valence-electron chi connectivity index (χ1n) is 7.77. The third kappa shape index (κ3) is 4.30. The lowest BCUT2D eigenvalue weighted by molar-refractivity contribution is 0.445. The van der Waals surface area contributed by atoms with Crippen LogP contribution >= 0.6 is 23.4 Å². The summed E-state index contributed by atoms with van der Waals surface area (Å²) in [7, 11) is -3.46. The van der Waals surface area contributed by atoms with Crippen LogP contribution in [0.5, 0.6) is 0 Å². The van der Waals surface area contributed by atoms with Gasteiger partial charge in [-0.15, -0.1) is 0 Å². The van der Waals surface area contributed by atoms with Gasteiger partial charge in [-0.3, -0.25) is 0 Å². The van der Waals surface area contributed by atoms with E-state index in [0.29, 0.717) is 13.1 Å². The second kappa shape index (κ2) is 8.34. The van der Waals surface area contributed by atoms with Crippen molar-refractivity contribution in [2.75, 3.05) is 13.1 Å². The van der Waals surface area contributed by atoms with Gasteiger partial charge in [-0.05, 0) is 30.7 Å². The molecule has 4 nitrogen and oxygen atoms in total. The second-order valence-electron chi connectivity index (χ2n) is 5.20. The summed E-state index contributed by atoms with van der Waals surface area (Å²) >= 11 is 7.76. The molecule has 0 aliphatic rings. The number of benzene rings is 1. The molecule has 1 aromatic carbocycles. The van der Waals surface area contributed by atoms with E-state index in [-0.39, 0.29) is 10.1 Å². The molecule has 24 heavy (non-hydrogen) atoms. The van der Waals surface area contributed by atoms with Crippen molar-refractivity contribution in [3.05, 3.63) is 53.2 Å². The Kier molecular flexibility index (Phi) is 6.69. The molecular weight excluding hydrogens is 364 g/mol. The molecule has 0 unspecified atom stereocenters. The highest BCUT2D eigenvalue weighted by Gasteiger charge is 2.22. The first-order chi connectivity index (χ1) is 11.4. The summed E-state index contributed by atoms with van der Waals surface area (Å²) in [5.41, 5.74) is 1.03. The summed E-state index contributed by atoms with van der Waals surface area (Å²) in [4.78, 5) is 4.53. The van der Waals surface area contributed by atoms with Crippen LogP contribution in [0.3, 0.4) is 0 Å². The molecule has 1 aromatic heterocycles. The van der Waals surface area contributed by atoms with Crippen LogP contribution in [-0.4, -0.2) is 30.8 Å². The van der Waals surface area contributed by atoms with Crippen LogP contribution in [0.15, 0.2) is 52.5 Å². The van der Waals surface area contributed by atoms with Crippen molar-refractivity contribution in [3.8, 4) is 0 Å². The van der Waals surface area contributed by atoms with Gasteiger partial charge in [0, 0.05) is 29.6 Å². The van der Waals surface area contributed by atoms with Gasteiger partial charge in [0.1, 0.15) is 4.90 Å². The number of pyridine rings is 1. The van der Waals surface area contributed by atoms with E-state index in [9.17, 15) is 8.42 Å². The van der Waals surface area contributed by atoms with E-state index < -0.39 is 10.0 Å². The van der Waals surface area contributed by atoms with Crippen LogP contribution in [0.25, 0.3) is 0 Å². The van der Waals surface area contributed by atoms with Gasteiger partial charge in [0.2, 0.25) is 10.0 Å². The average molecular weight is 385 g/mol. The highest BCUT2D eigenvalue weighted by molar-refractivity contribution is 7.99. The van der Waals surface area contributed by atoms with E-state index >= 15 is 0 Å². The molecule has 0 radical (unpaired) electrons. The summed E-state index contributed by atoms with van der Waals surface area (Å²) in [5.74, 6) is 0. The zero-order valence-electron chi connectivity index (χ0n) is 13.9. The van der Waals surface area contributed by atoms with Crippen LogP contribution in [0.2, 0.25) is 5.02 Å². The molecule has 0 saturated heterocycles. The molecule has 0 saturated carbocycles. The highest BCUT2D eigenvalue weighted by Crippen LogP contribution is 2.37. The Morgan fingerprint density at radius 2 is 1.83 bits per heavy atom. The standard InChI is InChI=1S/C17H21ClN2O2S2/c1-4-20(5-2)24(21,22)14-10-11-17(19-12-14)23-13(3)15-8-6-7-9-16(15)18/h6-13H,4-5H2,1-3H3/t13-/m0/s1. The summed E-state index contributed by atoms with van der Waals surface area (Å²) in [6, 6.07) is 11.1. The highest BCUT2D eigenvalue weighted by atomic mass is 35.5. The van der Waals surface area contributed by atoms with E-state index in [0.717, 1.165) is 15.6 Å². The van der Waals surface area contributed by atoms with Gasteiger partial charge in [0.05, 0.1) is 5.03 Å². The molecule has 0 bridgehead atoms. The molecule has 0 aliphatic heterocycles. The van der Waals surface area contributed by atoms with Gasteiger partial charge >= 0.3 is 0 Å². The lowest BCUT2D eigenvalue weighted by Crippen LogP contribution is -2.30. The van der Waals surface area contributed by atoms with E-state index in [1.54, 1.807) is 23.9 Å². The van der Waals surface area contributed by atoms with E-state index in [1.165, 1.54) is 10.5 Å². The Bertz CT molecular complexity index is 775. The zero-order valence-corrected chi connectivity index (χ0v) is 16.3. The quantitative estimate of drug-likeness (QED) is 0.653. The zero-order chi connectivity index (χ0) is 17.7. The molecule has 1 atom stereocenters. The maximum absolute atomic E-state index is 12.5. The number of rotatable bonds is 7. The SMILES string of the molecule is CCN(CC)S(=O)(=O)c1ccc(S[C@@H](C)c2ccccc2Cl)nc1. The molecule has 7 heteroatoms. The maximum atomic E-state index is 12.5. The molecule has 0 spiro atoms. The second-order valence-corrected chi connectivity index (χ2v) is 8.91. The van der Waals surface area contributed by atoms with Gasteiger partial charge in [-0.25, -0.2) is 13.4 Å². The van der Waals surface area contributed by atoms with Crippen molar-refractivity contribution in [2.24, 2.45) is 0 Å². The number of halogens is 1. The van der Waals surface area contributed by atoms with Crippen molar-refractivity contribution in [3.63, 3.8) is 0 Å². The number of sulfonamides is 1. The molecule has 0 N–H and O–H groups in total. The molecule has 0 aliphatic carbocycles. The molecule has 130 valence electrons. The predicted molar refractivity (Wildman–Crippen MR) is 100 cm³/mol. The van der Waals surface area contributed by atoms with Crippen LogP contribution in [-0.2, 0) is 10.0 Å². The average Bonchev–Trinajstić information content (AvgIpc) is 2.56. The lowest BCUT2D eigenvalue weighted by atomic mass is 10.2. The predicted octanol–water partition coefficient (Wildman–Crippen LogP) is 4.62. The lowest BCUT2D eigenvalue weighted by Gasteiger charge is -2.18. The van der Waals surface area contributed by atoms with Crippen molar-refractivity contribution >= 4 is 33.4 Å². The van der Waals surface area contributed by atoms with Crippen LogP contribution in [0, 0.1) is 0 Å². The number of hydrogen-bond donors (Lipinski definition) is 0. The largest absolute Gasteiger partial charge is 0.249 e. The summed E-state index contributed by atoms with van der Waals surface area (Å²) < 4.78 is 26.3. The van der Waals surface area contributed by atoms with Crippen molar-refractivity contribution < 1.29 is 8.42 Å². The van der Waals surface area contributed by atoms with Crippen molar-refractivity contribution in [1.29, 1.82) is 0 Å². The molecule has 0 fully saturated rings. The van der Waals surface area contributed by atoms with Gasteiger partial charge < -0.3 is 0 Å². The van der Waals surface area contributed by atoms with Crippen LogP contribution in [0.1, 0.15) is 31.6 Å². The van der Waals surface area contributed by atoms with Crippen molar-refractivity contribution in [1.82, 2.24) is 9.29 Å². The van der Waals surface area contributed by atoms with E-state index in [4.69, 9.17) is 11.6 Å². The Morgan fingerprint density at radius 1 is 1.17 bits per heavy atom. The minimum absolute atomic E-state index is 0.122. The Balaban J connectivity index is 2.17. The molecule has 1 heterocycles. The summed E-state index contributed by atoms with van der Waals surface area (Å²) in [6.45, 7) is 6.58. The van der Waals surface area contributed by atoms with Gasteiger partial charge in [0.15, 0.2) is 0 Å².